The first-order chi connectivity index (χ1) is 9.39. The molecule has 0 aromatic heterocycles. The first kappa shape index (κ1) is 15.2. The Morgan fingerprint density at radius 3 is 2.50 bits per heavy atom. The third-order valence-corrected chi connectivity index (χ3v) is 5.58. The van der Waals surface area contributed by atoms with E-state index in [1.807, 2.05) is 26.0 Å². The van der Waals surface area contributed by atoms with E-state index in [1.165, 1.54) is 6.42 Å². The second kappa shape index (κ2) is 6.04. The van der Waals surface area contributed by atoms with Crippen molar-refractivity contribution >= 4 is 21.4 Å². The fraction of sp³-hybridized carbons (Fsp3) is 0.600. The van der Waals surface area contributed by atoms with Gasteiger partial charge in [-0.25, -0.2) is 8.42 Å². The topological polar surface area (TPSA) is 72.2 Å². The van der Waals surface area contributed by atoms with Crippen LogP contribution in [0.2, 0.25) is 0 Å². The van der Waals surface area contributed by atoms with Crippen molar-refractivity contribution in [1.82, 2.24) is 0 Å². The Kier molecular flexibility index (Phi) is 4.58. The number of nitrogens with two attached hydrogens (primary N) is 1. The Morgan fingerprint density at radius 2 is 1.85 bits per heavy atom. The second-order valence-electron chi connectivity index (χ2n) is 5.86. The SMILES string of the molecule is Cc1ccc(N)c(C)c1NS(=O)(=O)CC1CCCCC1. The molecule has 1 aromatic carbocycles. The molecule has 0 spiro atoms. The zero-order valence-electron chi connectivity index (χ0n) is 12.3. The fourth-order valence-corrected chi connectivity index (χ4v) is 4.54. The summed E-state index contributed by atoms with van der Waals surface area (Å²) in [6.07, 6.45) is 5.58. The highest BCUT2D eigenvalue weighted by molar-refractivity contribution is 7.92. The maximum absolute atomic E-state index is 12.3. The highest BCUT2D eigenvalue weighted by atomic mass is 32.2. The van der Waals surface area contributed by atoms with E-state index in [-0.39, 0.29) is 5.75 Å². The van der Waals surface area contributed by atoms with E-state index < -0.39 is 10.0 Å². The first-order valence-electron chi connectivity index (χ1n) is 7.25. The van der Waals surface area contributed by atoms with Gasteiger partial charge in [-0.05, 0) is 49.8 Å². The molecule has 2 rings (SSSR count). The van der Waals surface area contributed by atoms with Gasteiger partial charge in [-0.1, -0.05) is 25.3 Å². The molecule has 0 amide bonds. The van der Waals surface area contributed by atoms with Gasteiger partial charge in [-0.2, -0.15) is 0 Å². The van der Waals surface area contributed by atoms with Crippen LogP contribution in [0.25, 0.3) is 0 Å². The lowest BCUT2D eigenvalue weighted by atomic mass is 9.91. The van der Waals surface area contributed by atoms with Crippen LogP contribution in [0.5, 0.6) is 0 Å². The van der Waals surface area contributed by atoms with E-state index in [9.17, 15) is 8.42 Å². The number of aryl methyl sites for hydroxylation is 1. The molecule has 1 aromatic rings. The number of sulfonamides is 1. The minimum Gasteiger partial charge on any atom is -0.398 e. The summed E-state index contributed by atoms with van der Waals surface area (Å²) in [5, 5.41) is 0. The highest BCUT2D eigenvalue weighted by Crippen LogP contribution is 2.28. The number of benzene rings is 1. The van der Waals surface area contributed by atoms with E-state index in [1.54, 1.807) is 0 Å². The minimum atomic E-state index is -3.30. The Labute approximate surface area is 121 Å². The number of rotatable bonds is 4. The molecule has 0 bridgehead atoms. The summed E-state index contributed by atoms with van der Waals surface area (Å²) in [7, 11) is -3.30. The number of nitrogens with one attached hydrogen (secondary N) is 1. The van der Waals surface area contributed by atoms with Crippen molar-refractivity contribution in [1.29, 1.82) is 0 Å². The fourth-order valence-electron chi connectivity index (χ4n) is 2.88. The number of nitrogen functional groups attached to an aromatic ring is 1. The average Bonchev–Trinajstić information content (AvgIpc) is 2.40. The molecule has 0 aliphatic heterocycles. The Bertz CT molecular complexity index is 576. The van der Waals surface area contributed by atoms with Crippen LogP contribution in [0.4, 0.5) is 11.4 Å². The van der Waals surface area contributed by atoms with Crippen molar-refractivity contribution in [3.05, 3.63) is 23.3 Å². The van der Waals surface area contributed by atoms with Crippen molar-refractivity contribution in [2.24, 2.45) is 5.92 Å². The highest BCUT2D eigenvalue weighted by Gasteiger charge is 2.22. The average molecular weight is 296 g/mol. The van der Waals surface area contributed by atoms with Gasteiger partial charge in [-0.3, -0.25) is 4.72 Å². The van der Waals surface area contributed by atoms with E-state index >= 15 is 0 Å². The van der Waals surface area contributed by atoms with E-state index in [0.717, 1.165) is 36.8 Å². The van der Waals surface area contributed by atoms with Crippen LogP contribution < -0.4 is 10.5 Å². The smallest absolute Gasteiger partial charge is 0.233 e. The molecule has 0 saturated heterocycles. The normalized spacial score (nSPS) is 17.1. The summed E-state index contributed by atoms with van der Waals surface area (Å²) in [6, 6.07) is 3.66. The van der Waals surface area contributed by atoms with E-state index in [4.69, 9.17) is 5.73 Å². The van der Waals surface area contributed by atoms with Gasteiger partial charge in [0, 0.05) is 5.69 Å². The van der Waals surface area contributed by atoms with Crippen molar-refractivity contribution in [2.45, 2.75) is 46.0 Å². The van der Waals surface area contributed by atoms with Crippen LogP contribution in [0.1, 0.15) is 43.2 Å². The summed E-state index contributed by atoms with van der Waals surface area (Å²) in [5.74, 6) is 0.517. The molecule has 0 unspecified atom stereocenters. The van der Waals surface area contributed by atoms with Crippen molar-refractivity contribution < 1.29 is 8.42 Å². The molecule has 4 nitrogen and oxygen atoms in total. The summed E-state index contributed by atoms with van der Waals surface area (Å²) >= 11 is 0. The lowest BCUT2D eigenvalue weighted by Crippen LogP contribution is -2.25. The zero-order valence-corrected chi connectivity index (χ0v) is 13.1. The van der Waals surface area contributed by atoms with E-state index in [2.05, 4.69) is 4.72 Å². The quantitative estimate of drug-likeness (QED) is 0.838. The lowest BCUT2D eigenvalue weighted by Gasteiger charge is -2.22. The summed E-state index contributed by atoms with van der Waals surface area (Å²) in [4.78, 5) is 0. The van der Waals surface area contributed by atoms with Crippen LogP contribution in [-0.2, 0) is 10.0 Å². The first-order valence-corrected chi connectivity index (χ1v) is 8.90. The van der Waals surface area contributed by atoms with Gasteiger partial charge in [0.2, 0.25) is 10.0 Å². The third kappa shape index (κ3) is 3.66. The molecule has 0 heterocycles. The molecule has 1 fully saturated rings. The molecule has 0 atom stereocenters. The molecule has 20 heavy (non-hydrogen) atoms. The van der Waals surface area contributed by atoms with Gasteiger partial charge in [0.25, 0.3) is 0 Å². The van der Waals surface area contributed by atoms with Gasteiger partial charge in [0.05, 0.1) is 11.4 Å². The van der Waals surface area contributed by atoms with Crippen molar-refractivity contribution in [3.63, 3.8) is 0 Å². The van der Waals surface area contributed by atoms with Crippen molar-refractivity contribution in [3.8, 4) is 0 Å². The summed E-state index contributed by atoms with van der Waals surface area (Å²) < 4.78 is 27.4. The van der Waals surface area contributed by atoms with Gasteiger partial charge >= 0.3 is 0 Å². The maximum atomic E-state index is 12.3. The molecule has 1 aliphatic carbocycles. The van der Waals surface area contributed by atoms with Crippen molar-refractivity contribution in [2.75, 3.05) is 16.2 Å². The molecule has 112 valence electrons. The standard InChI is InChI=1S/C15H24N2O2S/c1-11-8-9-14(16)12(2)15(11)17-20(18,19)10-13-6-4-3-5-7-13/h8-9,13,17H,3-7,10,16H2,1-2H3. The number of anilines is 2. The van der Waals surface area contributed by atoms with Gasteiger partial charge in [-0.15, -0.1) is 0 Å². The molecule has 0 radical (unpaired) electrons. The Morgan fingerprint density at radius 1 is 1.20 bits per heavy atom. The van der Waals surface area contributed by atoms with Crippen LogP contribution in [-0.4, -0.2) is 14.2 Å². The van der Waals surface area contributed by atoms with Crippen LogP contribution in [0.15, 0.2) is 12.1 Å². The number of hydrogen-bond acceptors (Lipinski definition) is 3. The minimum absolute atomic E-state index is 0.223. The zero-order chi connectivity index (χ0) is 14.8. The monoisotopic (exact) mass is 296 g/mol. The summed E-state index contributed by atoms with van der Waals surface area (Å²) in [5.41, 5.74) is 8.82. The maximum Gasteiger partial charge on any atom is 0.233 e. The van der Waals surface area contributed by atoms with Gasteiger partial charge in [0.15, 0.2) is 0 Å². The van der Waals surface area contributed by atoms with Crippen LogP contribution in [0.3, 0.4) is 0 Å². The lowest BCUT2D eigenvalue weighted by molar-refractivity contribution is 0.385. The second-order valence-corrected chi connectivity index (χ2v) is 7.63. The molecular formula is C15H24N2O2S. The molecular weight excluding hydrogens is 272 g/mol. The van der Waals surface area contributed by atoms with Crippen LogP contribution >= 0.6 is 0 Å². The Balaban J connectivity index is 2.14. The molecule has 3 N–H and O–H groups in total. The molecule has 1 saturated carbocycles. The predicted octanol–water partition coefficient (Wildman–Crippen LogP) is 3.21. The van der Waals surface area contributed by atoms with Gasteiger partial charge in [0.1, 0.15) is 0 Å². The third-order valence-electron chi connectivity index (χ3n) is 4.15. The molecule has 5 heteroatoms. The number of hydrogen-bond donors (Lipinski definition) is 2. The van der Waals surface area contributed by atoms with E-state index in [0.29, 0.717) is 17.3 Å². The Hall–Kier alpha value is -1.23. The van der Waals surface area contributed by atoms with Gasteiger partial charge < -0.3 is 5.73 Å². The predicted molar refractivity (Wildman–Crippen MR) is 84.3 cm³/mol. The van der Waals surface area contributed by atoms with Crippen LogP contribution in [0, 0.1) is 19.8 Å². The molecule has 1 aliphatic rings. The largest absolute Gasteiger partial charge is 0.398 e. The summed E-state index contributed by atoms with van der Waals surface area (Å²) in [6.45, 7) is 3.74.